The number of hydrogen-bond acceptors (Lipinski definition) is 3. The molecule has 4 bridgehead atoms. The number of nitrogens with one attached hydrogen (secondary N) is 1. The van der Waals surface area contributed by atoms with Gasteiger partial charge in [0.2, 0.25) is 5.91 Å². The van der Waals surface area contributed by atoms with Gasteiger partial charge < -0.3 is 10.1 Å². The summed E-state index contributed by atoms with van der Waals surface area (Å²) >= 11 is 0. The maximum Gasteiger partial charge on any atom is 0.224 e. The van der Waals surface area contributed by atoms with E-state index in [1.165, 1.54) is 44.1 Å². The quantitative estimate of drug-likeness (QED) is 0.747. The Labute approximate surface area is 181 Å². The van der Waals surface area contributed by atoms with Gasteiger partial charge in [-0.25, -0.2) is 0 Å². The molecule has 1 saturated heterocycles. The van der Waals surface area contributed by atoms with Crippen LogP contribution in [0.3, 0.4) is 0 Å². The summed E-state index contributed by atoms with van der Waals surface area (Å²) < 4.78 is 5.45. The monoisotopic (exact) mass is 418 g/mol. The van der Waals surface area contributed by atoms with Crippen LogP contribution in [0.5, 0.6) is 0 Å². The van der Waals surface area contributed by atoms with Crippen LogP contribution >= 0.6 is 12.4 Å². The van der Waals surface area contributed by atoms with Gasteiger partial charge in [0, 0.05) is 31.7 Å². The van der Waals surface area contributed by atoms with Crippen molar-refractivity contribution in [3.05, 3.63) is 29.3 Å². The van der Waals surface area contributed by atoms with E-state index in [2.05, 4.69) is 35.3 Å². The van der Waals surface area contributed by atoms with E-state index in [-0.39, 0.29) is 18.3 Å². The molecule has 0 unspecified atom stereocenters. The Bertz CT molecular complexity index is 709. The van der Waals surface area contributed by atoms with Crippen molar-refractivity contribution in [3.8, 4) is 0 Å². The fourth-order valence-corrected chi connectivity index (χ4v) is 6.96. The summed E-state index contributed by atoms with van der Waals surface area (Å²) in [6, 6.07) is 6.53. The predicted molar refractivity (Wildman–Crippen MR) is 118 cm³/mol. The van der Waals surface area contributed by atoms with Crippen LogP contribution in [0.15, 0.2) is 18.2 Å². The van der Waals surface area contributed by atoms with Crippen molar-refractivity contribution in [1.82, 2.24) is 4.90 Å². The molecule has 0 spiro atoms. The number of hydrogen-bond donors (Lipinski definition) is 1. The number of aryl methyl sites for hydroxylation is 1. The van der Waals surface area contributed by atoms with E-state index < -0.39 is 0 Å². The van der Waals surface area contributed by atoms with Gasteiger partial charge in [-0.2, -0.15) is 0 Å². The number of nitrogens with zero attached hydrogens (tertiary/aromatic N) is 1. The molecule has 0 atom stereocenters. The Morgan fingerprint density at radius 2 is 1.72 bits per heavy atom. The van der Waals surface area contributed by atoms with Crippen LogP contribution in [0.1, 0.15) is 56.1 Å². The summed E-state index contributed by atoms with van der Waals surface area (Å²) in [5.41, 5.74) is 3.74. The summed E-state index contributed by atoms with van der Waals surface area (Å²) in [5.74, 6) is 2.93. The number of morpholine rings is 1. The molecule has 0 aromatic heterocycles. The maximum atomic E-state index is 13.0. The van der Waals surface area contributed by atoms with E-state index >= 15 is 0 Å². The molecule has 160 valence electrons. The van der Waals surface area contributed by atoms with Crippen LogP contribution in [-0.4, -0.2) is 37.1 Å². The van der Waals surface area contributed by atoms with Crippen molar-refractivity contribution in [3.63, 3.8) is 0 Å². The van der Waals surface area contributed by atoms with Crippen LogP contribution in [-0.2, 0) is 16.1 Å². The zero-order valence-corrected chi connectivity index (χ0v) is 18.4. The van der Waals surface area contributed by atoms with Crippen LogP contribution in [0, 0.1) is 30.1 Å². The van der Waals surface area contributed by atoms with Gasteiger partial charge in [-0.05, 0) is 85.8 Å². The number of benzene rings is 1. The lowest BCUT2D eigenvalue weighted by atomic mass is 9.49. The molecule has 1 heterocycles. The van der Waals surface area contributed by atoms with Crippen LogP contribution in [0.2, 0.25) is 0 Å². The van der Waals surface area contributed by atoms with Gasteiger partial charge >= 0.3 is 0 Å². The average molecular weight is 419 g/mol. The first-order chi connectivity index (χ1) is 13.6. The molecule has 1 aromatic carbocycles. The van der Waals surface area contributed by atoms with Crippen molar-refractivity contribution < 1.29 is 9.53 Å². The minimum Gasteiger partial charge on any atom is -0.379 e. The Morgan fingerprint density at radius 3 is 2.34 bits per heavy atom. The second-order valence-electron chi connectivity index (χ2n) is 10.2. The first-order valence-corrected chi connectivity index (χ1v) is 11.3. The summed E-state index contributed by atoms with van der Waals surface area (Å²) in [6.07, 6.45) is 8.91. The molecule has 4 saturated carbocycles. The van der Waals surface area contributed by atoms with E-state index in [1.54, 1.807) is 0 Å². The van der Waals surface area contributed by atoms with Crippen molar-refractivity contribution >= 4 is 24.0 Å². The molecule has 1 amide bonds. The molecule has 1 aliphatic heterocycles. The average Bonchev–Trinajstić information content (AvgIpc) is 2.64. The zero-order chi connectivity index (χ0) is 19.1. The fourth-order valence-electron chi connectivity index (χ4n) is 6.96. The van der Waals surface area contributed by atoms with Gasteiger partial charge in [-0.1, -0.05) is 12.1 Å². The minimum atomic E-state index is 0. The van der Waals surface area contributed by atoms with E-state index in [0.29, 0.717) is 5.41 Å². The fraction of sp³-hybridized carbons (Fsp3) is 0.708. The van der Waals surface area contributed by atoms with Crippen LogP contribution < -0.4 is 5.32 Å². The lowest BCUT2D eigenvalue weighted by Crippen LogP contribution is -2.47. The second-order valence-corrected chi connectivity index (χ2v) is 10.2. The summed E-state index contributed by atoms with van der Waals surface area (Å²) in [4.78, 5) is 15.4. The molecule has 1 aromatic rings. The SMILES string of the molecule is Cc1ccc(CN2CCOCC2)cc1NC(=O)CC12CC3CC(CC(C3)C1)C2.Cl. The number of carbonyl (C=O) groups is 1. The number of ether oxygens (including phenoxy) is 1. The van der Waals surface area contributed by atoms with Crippen molar-refractivity contribution in [1.29, 1.82) is 0 Å². The van der Waals surface area contributed by atoms with Crippen molar-refractivity contribution in [2.75, 3.05) is 31.6 Å². The molecule has 1 N–H and O–H groups in total. The predicted octanol–water partition coefficient (Wildman–Crippen LogP) is 4.79. The second kappa shape index (κ2) is 8.56. The van der Waals surface area contributed by atoms with Crippen molar-refractivity contribution in [2.24, 2.45) is 23.2 Å². The van der Waals surface area contributed by atoms with Crippen LogP contribution in [0.25, 0.3) is 0 Å². The third kappa shape index (κ3) is 4.65. The highest BCUT2D eigenvalue weighted by molar-refractivity contribution is 5.92. The van der Waals surface area contributed by atoms with Gasteiger partial charge in [-0.15, -0.1) is 12.4 Å². The lowest BCUT2D eigenvalue weighted by Gasteiger charge is -2.56. The van der Waals surface area contributed by atoms with Gasteiger partial charge in [0.1, 0.15) is 0 Å². The summed E-state index contributed by atoms with van der Waals surface area (Å²) in [6.45, 7) is 6.64. The largest absolute Gasteiger partial charge is 0.379 e. The third-order valence-electron chi connectivity index (χ3n) is 7.79. The topological polar surface area (TPSA) is 41.6 Å². The van der Waals surface area contributed by atoms with E-state index in [0.717, 1.165) is 68.3 Å². The first-order valence-electron chi connectivity index (χ1n) is 11.3. The first kappa shape index (κ1) is 21.1. The standard InChI is InChI=1S/C24H34N2O2.ClH/c1-17-2-3-18(16-26-4-6-28-7-5-26)11-22(17)25-23(27)15-24-12-19-8-20(13-24)10-21(9-19)14-24;/h2-3,11,19-21H,4-10,12-16H2,1H3,(H,25,27);1H. The molecular weight excluding hydrogens is 384 g/mol. The maximum absolute atomic E-state index is 13.0. The minimum absolute atomic E-state index is 0. The Kier molecular flexibility index (Phi) is 6.24. The zero-order valence-electron chi connectivity index (χ0n) is 17.6. The van der Waals surface area contributed by atoms with E-state index in [1.807, 2.05) is 0 Å². The molecular formula is C24H35ClN2O2. The lowest BCUT2D eigenvalue weighted by molar-refractivity contribution is -0.124. The van der Waals surface area contributed by atoms with E-state index in [4.69, 9.17) is 4.74 Å². The third-order valence-corrected chi connectivity index (χ3v) is 7.79. The molecule has 4 nitrogen and oxygen atoms in total. The molecule has 6 rings (SSSR count). The Balaban J connectivity index is 0.00000205. The molecule has 5 aliphatic rings. The highest BCUT2D eigenvalue weighted by Crippen LogP contribution is 2.61. The number of anilines is 1. The van der Waals surface area contributed by atoms with Gasteiger partial charge in [0.05, 0.1) is 13.2 Å². The summed E-state index contributed by atoms with van der Waals surface area (Å²) in [7, 11) is 0. The normalized spacial score (nSPS) is 33.3. The van der Waals surface area contributed by atoms with Crippen LogP contribution in [0.4, 0.5) is 5.69 Å². The highest BCUT2D eigenvalue weighted by Gasteiger charge is 2.51. The van der Waals surface area contributed by atoms with Gasteiger partial charge in [0.25, 0.3) is 0 Å². The van der Waals surface area contributed by atoms with Gasteiger partial charge in [0.15, 0.2) is 0 Å². The molecule has 4 aliphatic carbocycles. The van der Waals surface area contributed by atoms with E-state index in [9.17, 15) is 4.79 Å². The van der Waals surface area contributed by atoms with Gasteiger partial charge in [-0.3, -0.25) is 9.69 Å². The molecule has 29 heavy (non-hydrogen) atoms. The Morgan fingerprint density at radius 1 is 1.10 bits per heavy atom. The summed E-state index contributed by atoms with van der Waals surface area (Å²) in [5, 5.41) is 3.28. The smallest absolute Gasteiger partial charge is 0.224 e. The molecule has 5 heteroatoms. The van der Waals surface area contributed by atoms with Crippen molar-refractivity contribution in [2.45, 2.75) is 58.4 Å². The molecule has 5 fully saturated rings. The highest BCUT2D eigenvalue weighted by atomic mass is 35.5. The number of rotatable bonds is 5. The number of carbonyl (C=O) groups excluding carboxylic acids is 1. The number of amides is 1. The molecule has 0 radical (unpaired) electrons. The number of halogens is 1. The Hall–Kier alpha value is -1.10.